The van der Waals surface area contributed by atoms with Crippen LogP contribution in [0.1, 0.15) is 69.8 Å². The molecule has 0 unspecified atom stereocenters. The van der Waals surface area contributed by atoms with E-state index in [2.05, 4.69) is 11.1 Å². The Bertz CT molecular complexity index is 1110. The summed E-state index contributed by atoms with van der Waals surface area (Å²) < 4.78 is 1.35. The molecule has 0 radical (unpaired) electrons. The molecule has 0 bridgehead atoms. The highest BCUT2D eigenvalue weighted by Gasteiger charge is 2.30. The van der Waals surface area contributed by atoms with Gasteiger partial charge < -0.3 is 10.6 Å². The van der Waals surface area contributed by atoms with Gasteiger partial charge in [-0.1, -0.05) is 61.2 Å². The standard InChI is InChI=1S/C26H34N4O3/c27-23-22(24(31)28-26(33)30(23)18-20-12-6-2-7-13-20)29(17-16-19-10-4-1-5-11-19)25(32)21-14-8-3-9-15-21/h2,6-7,10,12-13,21H,1,3-5,8-9,11,14-18,27H2,(H,28,31,33). The molecule has 0 atom stereocenters. The third kappa shape index (κ3) is 5.46. The number of anilines is 2. The highest BCUT2D eigenvalue weighted by atomic mass is 16.2. The molecule has 1 aromatic carbocycles. The van der Waals surface area contributed by atoms with Crippen LogP contribution in [0.5, 0.6) is 0 Å². The van der Waals surface area contributed by atoms with Crippen molar-refractivity contribution in [3.8, 4) is 0 Å². The number of nitrogens with two attached hydrogens (primary N) is 1. The number of hydrogen-bond donors (Lipinski definition) is 2. The number of carbonyl (C=O) groups excluding carboxylic acids is 1. The second kappa shape index (κ2) is 10.7. The maximum atomic E-state index is 13.6. The van der Waals surface area contributed by atoms with Gasteiger partial charge in [0.1, 0.15) is 5.82 Å². The summed E-state index contributed by atoms with van der Waals surface area (Å²) >= 11 is 0. The van der Waals surface area contributed by atoms with Crippen LogP contribution >= 0.6 is 0 Å². The Kier molecular flexibility index (Phi) is 7.47. The van der Waals surface area contributed by atoms with E-state index in [-0.39, 0.29) is 29.9 Å². The number of nitrogen functional groups attached to an aromatic ring is 1. The Labute approximate surface area is 194 Å². The van der Waals surface area contributed by atoms with Gasteiger partial charge in [0.15, 0.2) is 5.69 Å². The van der Waals surface area contributed by atoms with Crippen molar-refractivity contribution in [2.45, 2.75) is 70.8 Å². The van der Waals surface area contributed by atoms with Crippen molar-refractivity contribution in [1.82, 2.24) is 9.55 Å². The number of aromatic nitrogens is 2. The van der Waals surface area contributed by atoms with E-state index in [1.54, 1.807) is 4.90 Å². The Morgan fingerprint density at radius 3 is 2.52 bits per heavy atom. The summed E-state index contributed by atoms with van der Waals surface area (Å²) in [4.78, 5) is 43.2. The van der Waals surface area contributed by atoms with Gasteiger partial charge in [0.2, 0.25) is 5.91 Å². The van der Waals surface area contributed by atoms with Crippen molar-refractivity contribution < 1.29 is 4.79 Å². The highest BCUT2D eigenvalue weighted by Crippen LogP contribution is 2.29. The van der Waals surface area contributed by atoms with Crippen LogP contribution in [-0.2, 0) is 11.3 Å². The first-order valence-corrected chi connectivity index (χ1v) is 12.2. The number of allylic oxidation sites excluding steroid dienone is 1. The Balaban J connectivity index is 1.70. The number of nitrogens with one attached hydrogen (secondary N) is 1. The lowest BCUT2D eigenvalue weighted by atomic mass is 9.88. The van der Waals surface area contributed by atoms with E-state index < -0.39 is 11.2 Å². The fraction of sp³-hybridized carbons (Fsp3) is 0.500. The molecular weight excluding hydrogens is 416 g/mol. The molecule has 1 heterocycles. The van der Waals surface area contributed by atoms with Gasteiger partial charge in [-0.3, -0.25) is 19.1 Å². The molecule has 2 aliphatic carbocycles. The van der Waals surface area contributed by atoms with Crippen molar-refractivity contribution in [2.24, 2.45) is 5.92 Å². The smallest absolute Gasteiger partial charge is 0.330 e. The van der Waals surface area contributed by atoms with Crippen LogP contribution in [0.25, 0.3) is 0 Å². The van der Waals surface area contributed by atoms with Gasteiger partial charge in [0, 0.05) is 12.5 Å². The van der Waals surface area contributed by atoms with E-state index in [4.69, 9.17) is 5.73 Å². The normalized spacial score (nSPS) is 16.9. The van der Waals surface area contributed by atoms with E-state index in [9.17, 15) is 14.4 Å². The van der Waals surface area contributed by atoms with E-state index in [1.807, 2.05) is 30.3 Å². The molecule has 0 saturated heterocycles. The first-order valence-electron chi connectivity index (χ1n) is 12.2. The van der Waals surface area contributed by atoms with Crippen molar-refractivity contribution in [2.75, 3.05) is 17.2 Å². The van der Waals surface area contributed by atoms with Gasteiger partial charge in [-0.25, -0.2) is 4.79 Å². The molecule has 7 nitrogen and oxygen atoms in total. The topological polar surface area (TPSA) is 101 Å². The van der Waals surface area contributed by atoms with Crippen LogP contribution in [0.2, 0.25) is 0 Å². The second-order valence-electron chi connectivity index (χ2n) is 9.25. The minimum Gasteiger partial charge on any atom is -0.383 e. The van der Waals surface area contributed by atoms with Gasteiger partial charge in [-0.15, -0.1) is 0 Å². The zero-order chi connectivity index (χ0) is 23.2. The number of hydrogen-bond acceptors (Lipinski definition) is 4. The molecular formula is C26H34N4O3. The molecule has 0 aliphatic heterocycles. The maximum absolute atomic E-state index is 13.6. The van der Waals surface area contributed by atoms with Crippen LogP contribution in [0.4, 0.5) is 11.5 Å². The summed E-state index contributed by atoms with van der Waals surface area (Å²) in [5.41, 5.74) is 7.61. The quantitative estimate of drug-likeness (QED) is 0.623. The zero-order valence-electron chi connectivity index (χ0n) is 19.2. The molecule has 1 amide bonds. The number of benzene rings is 1. The lowest BCUT2D eigenvalue weighted by Gasteiger charge is -2.30. The predicted molar refractivity (Wildman–Crippen MR) is 131 cm³/mol. The summed E-state index contributed by atoms with van der Waals surface area (Å²) in [6, 6.07) is 9.48. The summed E-state index contributed by atoms with van der Waals surface area (Å²) in [7, 11) is 0. The van der Waals surface area contributed by atoms with Crippen LogP contribution in [0.3, 0.4) is 0 Å². The van der Waals surface area contributed by atoms with E-state index in [0.717, 1.165) is 63.4 Å². The fourth-order valence-corrected chi connectivity index (χ4v) is 5.05. The van der Waals surface area contributed by atoms with Crippen LogP contribution in [0, 0.1) is 5.92 Å². The summed E-state index contributed by atoms with van der Waals surface area (Å²) in [5, 5.41) is 0. The average Bonchev–Trinajstić information content (AvgIpc) is 2.85. The monoisotopic (exact) mass is 450 g/mol. The molecule has 2 aliphatic rings. The summed E-state index contributed by atoms with van der Waals surface area (Å²) in [5.74, 6) is -0.102. The van der Waals surface area contributed by atoms with Crippen molar-refractivity contribution >= 4 is 17.4 Å². The Morgan fingerprint density at radius 1 is 1.06 bits per heavy atom. The number of rotatable bonds is 7. The third-order valence-electron chi connectivity index (χ3n) is 6.93. The molecule has 176 valence electrons. The van der Waals surface area contributed by atoms with Crippen molar-refractivity contribution in [3.05, 3.63) is 68.4 Å². The Morgan fingerprint density at radius 2 is 1.82 bits per heavy atom. The predicted octanol–water partition coefficient (Wildman–Crippen LogP) is 3.97. The SMILES string of the molecule is Nc1c(N(CCC2=CCCCC2)C(=O)C2CCCCC2)c(=O)[nH]c(=O)n1Cc1ccccc1. The van der Waals surface area contributed by atoms with Crippen LogP contribution < -0.4 is 21.9 Å². The van der Waals surface area contributed by atoms with Gasteiger partial charge >= 0.3 is 5.69 Å². The molecule has 3 N–H and O–H groups in total. The first-order chi connectivity index (χ1) is 16.0. The minimum atomic E-state index is -0.594. The number of carbonyl (C=O) groups is 1. The zero-order valence-corrected chi connectivity index (χ0v) is 19.2. The lowest BCUT2D eigenvalue weighted by molar-refractivity contribution is -0.123. The van der Waals surface area contributed by atoms with E-state index in [0.29, 0.717) is 6.54 Å². The molecule has 2 aromatic rings. The Hall–Kier alpha value is -3.09. The number of H-pyrrole nitrogens is 1. The number of nitrogens with zero attached hydrogens (tertiary/aromatic N) is 2. The van der Waals surface area contributed by atoms with Gasteiger partial charge in [-0.2, -0.15) is 0 Å². The van der Waals surface area contributed by atoms with Gasteiger partial charge in [0.25, 0.3) is 5.56 Å². The summed E-state index contributed by atoms with van der Waals surface area (Å²) in [6.07, 6.45) is 12.3. The van der Waals surface area contributed by atoms with Crippen molar-refractivity contribution in [3.63, 3.8) is 0 Å². The highest BCUT2D eigenvalue weighted by molar-refractivity contribution is 5.97. The molecule has 4 rings (SSSR count). The molecule has 1 fully saturated rings. The van der Waals surface area contributed by atoms with Gasteiger partial charge in [0.05, 0.1) is 6.54 Å². The van der Waals surface area contributed by atoms with Gasteiger partial charge in [-0.05, 0) is 50.5 Å². The van der Waals surface area contributed by atoms with Crippen LogP contribution in [0.15, 0.2) is 51.6 Å². The van der Waals surface area contributed by atoms with E-state index in [1.165, 1.54) is 16.6 Å². The van der Waals surface area contributed by atoms with E-state index >= 15 is 0 Å². The average molecular weight is 451 g/mol. The summed E-state index contributed by atoms with van der Waals surface area (Å²) in [6.45, 7) is 0.629. The maximum Gasteiger partial charge on any atom is 0.330 e. The second-order valence-corrected chi connectivity index (χ2v) is 9.25. The molecule has 0 spiro atoms. The number of aromatic amines is 1. The molecule has 33 heavy (non-hydrogen) atoms. The third-order valence-corrected chi connectivity index (χ3v) is 6.93. The fourth-order valence-electron chi connectivity index (χ4n) is 5.05. The lowest BCUT2D eigenvalue weighted by Crippen LogP contribution is -2.44. The minimum absolute atomic E-state index is 0.0479. The van der Waals surface area contributed by atoms with Crippen LogP contribution in [-0.4, -0.2) is 22.0 Å². The number of amides is 1. The molecule has 1 aromatic heterocycles. The largest absolute Gasteiger partial charge is 0.383 e. The van der Waals surface area contributed by atoms with Crippen molar-refractivity contribution in [1.29, 1.82) is 0 Å². The first kappa shape index (κ1) is 23.1. The molecule has 7 heteroatoms. The molecule has 1 saturated carbocycles.